The first-order valence-electron chi connectivity index (χ1n) is 25.9. The first-order valence-corrected chi connectivity index (χ1v) is 26.6. The highest BCUT2D eigenvalue weighted by Gasteiger charge is 2.82. The zero-order chi connectivity index (χ0) is 41.7. The molecule has 0 fully saturated rings. The van der Waals surface area contributed by atoms with Crippen molar-refractivity contribution in [1.82, 2.24) is 0 Å². The highest BCUT2D eigenvalue weighted by molar-refractivity contribution is 6.80. The number of hydrogen-bond acceptors (Lipinski definition) is 0. The molecule has 0 amide bonds. The lowest BCUT2D eigenvalue weighted by Gasteiger charge is -2.65. The van der Waals surface area contributed by atoms with Gasteiger partial charge in [-0.1, -0.05) is 36.4 Å². The van der Waals surface area contributed by atoms with Crippen LogP contribution in [0.2, 0.25) is 0 Å². The van der Waals surface area contributed by atoms with Gasteiger partial charge in [-0.3, -0.25) is 0 Å². The molecular weight excluding hydrogens is 888 g/mol. The van der Waals surface area contributed by atoms with Gasteiger partial charge in [0.25, 0.3) is 0 Å². The SMILES string of the molecule is ClC12C3=C4c5c6c7c8c9c%10c%11c(c1c1c%12c2c2c%13c%14c(c%15c5c5c7c7c8c8c%10c%10c%16c%11c1c1c%11c%12c%13c%12c%13c%14c%14c%15c5c5c7c7c8c%10c8c(c1%16)c(c%11%12)c1c%13c%14c5c7c18)C42Cl)C91C(c2ccccc2)=CC361. The van der Waals surface area contributed by atoms with Crippen LogP contribution in [0.5, 0.6) is 0 Å². The molecule has 25 aromatic carbocycles. The maximum absolute atomic E-state index is 9.64. The lowest BCUT2D eigenvalue weighted by Crippen LogP contribution is -2.63. The van der Waals surface area contributed by atoms with Gasteiger partial charge in [0.2, 0.25) is 0 Å². The molecule has 0 heterocycles. The molecule has 0 radical (unpaired) electrons. The molecule has 4 atom stereocenters. The Hall–Kier alpha value is -7.74. The third-order valence-electron chi connectivity index (χ3n) is 25.8. The molecule has 70 heavy (non-hydrogen) atoms. The van der Waals surface area contributed by atoms with Crippen molar-refractivity contribution < 1.29 is 0 Å². The predicted molar refractivity (Wildman–Crippen MR) is 292 cm³/mol. The lowest BCUT2D eigenvalue weighted by molar-refractivity contribution is 0.382. The van der Waals surface area contributed by atoms with Gasteiger partial charge < -0.3 is 0 Å². The van der Waals surface area contributed by atoms with Crippen LogP contribution in [0.25, 0.3) is 259 Å². The van der Waals surface area contributed by atoms with Gasteiger partial charge >= 0.3 is 0 Å². The summed E-state index contributed by atoms with van der Waals surface area (Å²) in [5.74, 6) is 0. The Morgan fingerprint density at radius 1 is 0.257 bits per heavy atom. The zero-order valence-corrected chi connectivity index (χ0v) is 36.7. The molecular formula is C68H6Cl2. The largest absolute Gasteiger partial charge is 0.122 e. The van der Waals surface area contributed by atoms with E-state index in [-0.39, 0.29) is 0 Å². The molecule has 4 unspecified atom stereocenters. The summed E-state index contributed by atoms with van der Waals surface area (Å²) in [6.07, 6.45) is 2.85. The Labute approximate surface area is 392 Å². The van der Waals surface area contributed by atoms with Gasteiger partial charge in [0.15, 0.2) is 0 Å². The number of hydrogen-bond donors (Lipinski definition) is 0. The summed E-state index contributed by atoms with van der Waals surface area (Å²) in [7, 11) is 0. The smallest absolute Gasteiger partial charge is 0.104 e. The van der Waals surface area contributed by atoms with Crippen LogP contribution in [0.3, 0.4) is 0 Å². The summed E-state index contributed by atoms with van der Waals surface area (Å²) in [5, 5.41) is 72.9. The van der Waals surface area contributed by atoms with Crippen molar-refractivity contribution in [2.24, 2.45) is 0 Å². The second-order valence-corrected chi connectivity index (χ2v) is 26.9. The van der Waals surface area contributed by atoms with Crippen LogP contribution >= 0.6 is 23.2 Å². The van der Waals surface area contributed by atoms with Crippen LogP contribution in [0.4, 0.5) is 0 Å². The monoisotopic (exact) mass is 892 g/mol. The van der Waals surface area contributed by atoms with Crippen LogP contribution in [0.15, 0.2) is 42.0 Å². The average molecular weight is 894 g/mol. The molecule has 0 aromatic heterocycles. The van der Waals surface area contributed by atoms with E-state index in [0.29, 0.717) is 0 Å². The van der Waals surface area contributed by atoms with Crippen molar-refractivity contribution in [2.45, 2.75) is 20.6 Å². The minimum Gasteiger partial charge on any atom is -0.104 e. The number of halogens is 2. The van der Waals surface area contributed by atoms with E-state index in [2.05, 4.69) is 36.4 Å². The molecule has 0 saturated heterocycles. The molecule has 34 rings (SSSR count). The minimum absolute atomic E-state index is 0.443. The van der Waals surface area contributed by atoms with Crippen molar-refractivity contribution >= 4 is 282 Å². The van der Waals surface area contributed by atoms with E-state index in [0.717, 1.165) is 0 Å². The Kier molecular flexibility index (Phi) is 2.17. The van der Waals surface area contributed by atoms with Gasteiger partial charge in [0.1, 0.15) is 9.75 Å². The number of rotatable bonds is 1. The van der Waals surface area contributed by atoms with Crippen LogP contribution in [0.1, 0.15) is 50.1 Å². The van der Waals surface area contributed by atoms with Gasteiger partial charge in [0, 0.05) is 0 Å². The Balaban J connectivity index is 1.18. The summed E-state index contributed by atoms with van der Waals surface area (Å²) in [6, 6.07) is 11.7. The topological polar surface area (TPSA) is 0 Å². The highest BCUT2D eigenvalue weighted by atomic mass is 35.5. The Bertz CT molecular complexity index is 7400. The molecule has 0 bridgehead atoms. The van der Waals surface area contributed by atoms with E-state index in [1.807, 2.05) is 0 Å². The van der Waals surface area contributed by atoms with Gasteiger partial charge in [-0.25, -0.2) is 0 Å². The van der Waals surface area contributed by atoms with Gasteiger partial charge in [-0.05, 0) is 315 Å². The standard InChI is InChI=1S/C68H6Cl2/c69-67-58-46-36-31-19-15-10-9-11-13-14-12(9)18-20(15)32(36)40-26(18)28-24(14)30-29-23(13)27-25-17(11)22-16(10)21(19)33-37-35(31)45(46)55-56-47(37)48-39(33)34(22)38(25)49-51-41(27)42(29)53-54-44(30)43(28)52(50(40)58)61(67)62(54)68(70)60(53)59(51)66(57(48)49)8(7-4-2-1-3-5-7)6-65(56,66)64(68)63(55)67/h1-6H. The molecule has 0 saturated carbocycles. The van der Waals surface area contributed by atoms with Crippen molar-refractivity contribution in [3.05, 3.63) is 92.1 Å². The van der Waals surface area contributed by atoms with E-state index in [1.54, 1.807) is 238 Å². The van der Waals surface area contributed by atoms with Crippen molar-refractivity contribution in [1.29, 1.82) is 0 Å². The summed E-state index contributed by atoms with van der Waals surface area (Å²) >= 11 is 19.2. The summed E-state index contributed by atoms with van der Waals surface area (Å²) in [4.78, 5) is -1.71. The first-order chi connectivity index (χ1) is 34.7. The summed E-state index contributed by atoms with van der Waals surface area (Å²) in [6.45, 7) is 0. The number of benzene rings is 17. The third-order valence-corrected chi connectivity index (χ3v) is 26.9. The molecule has 2 heteroatoms. The minimum atomic E-state index is -0.858. The quantitative estimate of drug-likeness (QED) is 0.114. The van der Waals surface area contributed by atoms with Crippen molar-refractivity contribution in [3.63, 3.8) is 0 Å². The Morgan fingerprint density at radius 3 is 0.986 bits per heavy atom. The molecule has 0 nitrogen and oxygen atoms in total. The first kappa shape index (κ1) is 26.3. The number of alkyl halides is 2. The fourth-order valence-corrected chi connectivity index (χ4v) is 27.0. The third kappa shape index (κ3) is 1.32. The summed E-state index contributed by atoms with van der Waals surface area (Å²) < 4.78 is 0. The van der Waals surface area contributed by atoms with Crippen LogP contribution < -0.4 is 0 Å². The normalized spacial score (nSPS) is 27.5. The predicted octanol–water partition coefficient (Wildman–Crippen LogP) is 18.2. The van der Waals surface area contributed by atoms with E-state index in [1.165, 1.54) is 77.0 Å². The fourth-order valence-electron chi connectivity index (χ4n) is 25.8. The zero-order valence-electron chi connectivity index (χ0n) is 35.2. The maximum atomic E-state index is 9.64. The van der Waals surface area contributed by atoms with Crippen molar-refractivity contribution in [3.8, 4) is 0 Å². The average Bonchev–Trinajstić information content (AvgIpc) is 4.26. The van der Waals surface area contributed by atoms with Gasteiger partial charge in [-0.2, -0.15) is 0 Å². The van der Waals surface area contributed by atoms with Gasteiger partial charge in [-0.15, -0.1) is 23.2 Å². The van der Waals surface area contributed by atoms with Crippen molar-refractivity contribution in [2.75, 3.05) is 0 Å². The van der Waals surface area contributed by atoms with Gasteiger partial charge in [0.05, 0.1) is 10.8 Å². The highest BCUT2D eigenvalue weighted by Crippen LogP contribution is 2.93. The van der Waals surface area contributed by atoms with Crippen LogP contribution in [0, 0.1) is 0 Å². The summed E-state index contributed by atoms with van der Waals surface area (Å²) in [5.41, 5.74) is 16.9. The second-order valence-electron chi connectivity index (χ2n) is 25.8. The van der Waals surface area contributed by atoms with Crippen LogP contribution in [-0.4, -0.2) is 0 Å². The molecule has 0 N–H and O–H groups in total. The van der Waals surface area contributed by atoms with E-state index in [4.69, 9.17) is 0 Å². The second kappa shape index (κ2) is 5.78. The van der Waals surface area contributed by atoms with E-state index >= 15 is 0 Å². The number of allylic oxidation sites excluding steroid dienone is 4. The molecule has 9 aliphatic carbocycles. The molecule has 292 valence electrons. The Morgan fingerprint density at radius 2 is 0.557 bits per heavy atom. The van der Waals surface area contributed by atoms with E-state index in [9.17, 15) is 23.2 Å². The molecule has 9 aliphatic rings. The van der Waals surface area contributed by atoms with E-state index < -0.39 is 20.6 Å². The maximum Gasteiger partial charge on any atom is 0.122 e. The molecule has 2 spiro atoms. The lowest BCUT2D eigenvalue weighted by atomic mass is 9.36. The molecule has 0 aliphatic heterocycles. The van der Waals surface area contributed by atoms with Crippen LogP contribution in [-0.2, 0) is 20.6 Å². The molecule has 25 aromatic rings. The fraction of sp³-hybridized carbons (Fsp3) is 0.0588.